The molecule has 0 spiro atoms. The third-order valence-electron chi connectivity index (χ3n) is 6.87. The number of hydrazine groups is 1. The Balaban J connectivity index is 1.54. The first-order valence-corrected chi connectivity index (χ1v) is 11.4. The topological polar surface area (TPSA) is 64.2 Å². The van der Waals surface area contributed by atoms with Gasteiger partial charge in [0.25, 0.3) is 0 Å². The molecule has 0 radical (unpaired) electrons. The van der Waals surface area contributed by atoms with Crippen LogP contribution in [0.4, 0.5) is 5.69 Å². The molecule has 5 rings (SSSR count). The lowest BCUT2D eigenvalue weighted by atomic mass is 9.81. The average molecular weight is 462 g/mol. The molecule has 3 atom stereocenters. The second-order valence-corrected chi connectivity index (χ2v) is 8.68. The minimum atomic E-state index is 0.142. The highest BCUT2D eigenvalue weighted by Crippen LogP contribution is 2.49. The van der Waals surface area contributed by atoms with Crippen LogP contribution < -0.4 is 34.7 Å². The standard InChI is InChI=1S/C27H31N3O4/c1-31-19-10-8-18(9-11-19)26-22-16-30(15-17-6-5-7-20(12-17)32-2)23-14-25(34-4)24(33-3)13-21(23)27(22)29-28-26/h5-14,22,26-29H,15-16H2,1-4H3. The molecule has 34 heavy (non-hydrogen) atoms. The lowest BCUT2D eigenvalue weighted by Crippen LogP contribution is -2.39. The monoisotopic (exact) mass is 461 g/mol. The molecule has 7 nitrogen and oxygen atoms in total. The average Bonchev–Trinajstić information content (AvgIpc) is 3.32. The molecule has 2 N–H and O–H groups in total. The van der Waals surface area contributed by atoms with Gasteiger partial charge >= 0.3 is 0 Å². The van der Waals surface area contributed by atoms with Crippen molar-refractivity contribution in [3.8, 4) is 23.0 Å². The second-order valence-electron chi connectivity index (χ2n) is 8.68. The predicted molar refractivity (Wildman–Crippen MR) is 132 cm³/mol. The predicted octanol–water partition coefficient (Wildman–Crippen LogP) is 4.25. The summed E-state index contributed by atoms with van der Waals surface area (Å²) in [4.78, 5) is 2.43. The highest BCUT2D eigenvalue weighted by atomic mass is 16.5. The van der Waals surface area contributed by atoms with Crippen molar-refractivity contribution in [3.05, 3.63) is 77.4 Å². The maximum absolute atomic E-state index is 5.65. The fourth-order valence-corrected chi connectivity index (χ4v) is 5.15. The quantitative estimate of drug-likeness (QED) is 0.545. The van der Waals surface area contributed by atoms with Gasteiger partial charge in [0.15, 0.2) is 11.5 Å². The maximum atomic E-state index is 5.65. The lowest BCUT2D eigenvalue weighted by Gasteiger charge is -2.39. The van der Waals surface area contributed by atoms with E-state index in [2.05, 4.69) is 52.1 Å². The van der Waals surface area contributed by atoms with Gasteiger partial charge < -0.3 is 23.8 Å². The van der Waals surface area contributed by atoms with Crippen molar-refractivity contribution in [2.45, 2.75) is 18.6 Å². The number of fused-ring (bicyclic) bond motifs is 3. The van der Waals surface area contributed by atoms with Crippen LogP contribution in [0.5, 0.6) is 23.0 Å². The first-order valence-electron chi connectivity index (χ1n) is 11.4. The highest BCUT2D eigenvalue weighted by molar-refractivity contribution is 5.65. The van der Waals surface area contributed by atoms with Crippen molar-refractivity contribution in [2.24, 2.45) is 5.92 Å². The van der Waals surface area contributed by atoms with E-state index in [1.165, 1.54) is 16.7 Å². The van der Waals surface area contributed by atoms with Crippen molar-refractivity contribution in [3.63, 3.8) is 0 Å². The Hall–Kier alpha value is -3.42. The number of methoxy groups -OCH3 is 4. The molecule has 0 aromatic heterocycles. The first kappa shape index (κ1) is 22.4. The van der Waals surface area contributed by atoms with E-state index in [1.807, 2.05) is 24.3 Å². The zero-order chi connectivity index (χ0) is 23.7. The number of anilines is 1. The summed E-state index contributed by atoms with van der Waals surface area (Å²) >= 11 is 0. The number of nitrogens with one attached hydrogen (secondary N) is 2. The molecule has 3 aromatic carbocycles. The largest absolute Gasteiger partial charge is 0.497 e. The van der Waals surface area contributed by atoms with E-state index < -0.39 is 0 Å². The molecular formula is C27H31N3O4. The van der Waals surface area contributed by atoms with E-state index in [0.29, 0.717) is 5.92 Å². The van der Waals surface area contributed by atoms with Crippen molar-refractivity contribution in [1.29, 1.82) is 0 Å². The van der Waals surface area contributed by atoms with Gasteiger partial charge in [-0.1, -0.05) is 24.3 Å². The summed E-state index contributed by atoms with van der Waals surface area (Å²) in [5, 5.41) is 0. The molecule has 2 aliphatic rings. The number of nitrogens with zero attached hydrogens (tertiary/aromatic N) is 1. The summed E-state index contributed by atoms with van der Waals surface area (Å²) in [7, 11) is 6.75. The van der Waals surface area contributed by atoms with E-state index in [-0.39, 0.29) is 12.1 Å². The van der Waals surface area contributed by atoms with Gasteiger partial charge in [0.2, 0.25) is 0 Å². The van der Waals surface area contributed by atoms with Gasteiger partial charge in [0, 0.05) is 30.8 Å². The van der Waals surface area contributed by atoms with Gasteiger partial charge in [-0.3, -0.25) is 0 Å². The smallest absolute Gasteiger partial charge is 0.162 e. The number of hydrogen-bond donors (Lipinski definition) is 2. The van der Waals surface area contributed by atoms with Crippen LogP contribution in [0, 0.1) is 5.92 Å². The summed E-state index contributed by atoms with van der Waals surface area (Å²) in [6, 6.07) is 21.0. The van der Waals surface area contributed by atoms with Crippen LogP contribution in [0.1, 0.15) is 28.8 Å². The molecule has 0 bridgehead atoms. The SMILES string of the molecule is COc1ccc(C2NNC3c4cc(OC)c(OC)cc4N(Cc4cccc(OC)c4)CC23)cc1. The fourth-order valence-electron chi connectivity index (χ4n) is 5.15. The van der Waals surface area contributed by atoms with Crippen LogP contribution in [0.3, 0.4) is 0 Å². The van der Waals surface area contributed by atoms with Gasteiger partial charge in [-0.25, -0.2) is 10.9 Å². The lowest BCUT2D eigenvalue weighted by molar-refractivity contribution is 0.350. The minimum Gasteiger partial charge on any atom is -0.497 e. The van der Waals surface area contributed by atoms with Crippen molar-refractivity contribution in [2.75, 3.05) is 39.9 Å². The van der Waals surface area contributed by atoms with Gasteiger partial charge in [0.05, 0.1) is 40.5 Å². The van der Waals surface area contributed by atoms with Crippen LogP contribution in [-0.4, -0.2) is 35.0 Å². The van der Waals surface area contributed by atoms with Crippen LogP contribution in [0.15, 0.2) is 60.7 Å². The van der Waals surface area contributed by atoms with E-state index in [1.54, 1.807) is 28.4 Å². The van der Waals surface area contributed by atoms with E-state index >= 15 is 0 Å². The molecule has 3 unspecified atom stereocenters. The van der Waals surface area contributed by atoms with Crippen LogP contribution in [0.2, 0.25) is 0 Å². The molecule has 1 fully saturated rings. The van der Waals surface area contributed by atoms with E-state index in [4.69, 9.17) is 18.9 Å². The Morgan fingerprint density at radius 2 is 1.47 bits per heavy atom. The second kappa shape index (κ2) is 9.44. The Kier molecular flexibility index (Phi) is 6.22. The zero-order valence-electron chi connectivity index (χ0n) is 20.0. The molecule has 1 saturated heterocycles. The summed E-state index contributed by atoms with van der Waals surface area (Å²) in [5.41, 5.74) is 11.9. The third kappa shape index (κ3) is 4.02. The molecule has 0 saturated carbocycles. The van der Waals surface area contributed by atoms with E-state index in [0.717, 1.165) is 41.8 Å². The first-order chi connectivity index (χ1) is 16.6. The van der Waals surface area contributed by atoms with Gasteiger partial charge in [-0.15, -0.1) is 0 Å². The fraction of sp³-hybridized carbons (Fsp3) is 0.333. The molecule has 2 heterocycles. The summed E-state index contributed by atoms with van der Waals surface area (Å²) in [6.45, 7) is 1.64. The number of benzene rings is 3. The summed E-state index contributed by atoms with van der Waals surface area (Å²) < 4.78 is 22.1. The van der Waals surface area contributed by atoms with Crippen molar-refractivity contribution < 1.29 is 18.9 Å². The van der Waals surface area contributed by atoms with Crippen LogP contribution >= 0.6 is 0 Å². The highest BCUT2D eigenvalue weighted by Gasteiger charge is 2.43. The zero-order valence-corrected chi connectivity index (χ0v) is 20.0. The number of hydrogen-bond acceptors (Lipinski definition) is 7. The Bertz CT molecular complexity index is 1150. The van der Waals surface area contributed by atoms with Gasteiger partial charge in [-0.05, 0) is 47.0 Å². The molecule has 0 aliphatic carbocycles. The molecule has 178 valence electrons. The Morgan fingerprint density at radius 1 is 0.765 bits per heavy atom. The van der Waals surface area contributed by atoms with Crippen LogP contribution in [0.25, 0.3) is 0 Å². The molecule has 7 heteroatoms. The Labute approximate surface area is 200 Å². The summed E-state index contributed by atoms with van der Waals surface area (Å²) in [6.07, 6.45) is 0. The minimum absolute atomic E-state index is 0.142. The third-order valence-corrected chi connectivity index (χ3v) is 6.87. The number of rotatable bonds is 7. The Morgan fingerprint density at radius 3 is 2.18 bits per heavy atom. The molecule has 0 amide bonds. The summed E-state index contributed by atoms with van der Waals surface area (Å²) in [5.74, 6) is 3.49. The van der Waals surface area contributed by atoms with E-state index in [9.17, 15) is 0 Å². The number of ether oxygens (including phenoxy) is 4. The maximum Gasteiger partial charge on any atom is 0.162 e. The van der Waals surface area contributed by atoms with Crippen LogP contribution in [-0.2, 0) is 6.54 Å². The molecular weight excluding hydrogens is 430 g/mol. The molecule has 2 aliphatic heterocycles. The van der Waals surface area contributed by atoms with Gasteiger partial charge in [0.1, 0.15) is 11.5 Å². The van der Waals surface area contributed by atoms with Crippen molar-refractivity contribution >= 4 is 5.69 Å². The normalized spacial score (nSPS) is 20.9. The van der Waals surface area contributed by atoms with Gasteiger partial charge in [-0.2, -0.15) is 0 Å². The van der Waals surface area contributed by atoms with Crippen molar-refractivity contribution in [1.82, 2.24) is 10.9 Å². The molecule has 3 aromatic rings.